The van der Waals surface area contributed by atoms with Crippen molar-refractivity contribution < 1.29 is 13.2 Å². The van der Waals surface area contributed by atoms with Gasteiger partial charge in [0.05, 0.1) is 4.90 Å². The number of anilines is 1. The summed E-state index contributed by atoms with van der Waals surface area (Å²) in [5.41, 5.74) is 0.343. The van der Waals surface area contributed by atoms with Gasteiger partial charge in [-0.25, -0.2) is 13.1 Å². The van der Waals surface area contributed by atoms with E-state index < -0.39 is 10.0 Å². The molecule has 7 nitrogen and oxygen atoms in total. The summed E-state index contributed by atoms with van der Waals surface area (Å²) in [6, 6.07) is 5.69. The van der Waals surface area contributed by atoms with Gasteiger partial charge in [-0.1, -0.05) is 37.2 Å². The quantitative estimate of drug-likeness (QED) is 0.476. The molecule has 2 rings (SSSR count). The van der Waals surface area contributed by atoms with Crippen LogP contribution < -0.4 is 10.0 Å². The zero-order valence-electron chi connectivity index (χ0n) is 14.6. The fraction of sp³-hybridized carbons (Fsp3) is 0.353. The van der Waals surface area contributed by atoms with Gasteiger partial charge in [0.1, 0.15) is 5.01 Å². The molecule has 0 radical (unpaired) electrons. The van der Waals surface area contributed by atoms with Crippen LogP contribution in [0.4, 0.5) is 5.13 Å². The molecular weight excluding hydrogens is 372 g/mol. The molecule has 0 unspecified atom stereocenters. The highest BCUT2D eigenvalue weighted by molar-refractivity contribution is 7.89. The van der Waals surface area contributed by atoms with Gasteiger partial charge < -0.3 is 0 Å². The Morgan fingerprint density at radius 1 is 1.23 bits per heavy atom. The minimum absolute atomic E-state index is 0.0880. The van der Waals surface area contributed by atoms with Crippen molar-refractivity contribution in [3.8, 4) is 0 Å². The fourth-order valence-corrected chi connectivity index (χ4v) is 3.91. The van der Waals surface area contributed by atoms with E-state index in [9.17, 15) is 13.2 Å². The number of benzene rings is 1. The van der Waals surface area contributed by atoms with Crippen molar-refractivity contribution in [2.24, 2.45) is 0 Å². The van der Waals surface area contributed by atoms with Crippen molar-refractivity contribution in [2.75, 3.05) is 11.9 Å². The van der Waals surface area contributed by atoms with Crippen LogP contribution in [0.2, 0.25) is 0 Å². The maximum Gasteiger partial charge on any atom is 0.257 e. The maximum atomic E-state index is 12.3. The lowest BCUT2D eigenvalue weighted by Crippen LogP contribution is -2.23. The van der Waals surface area contributed by atoms with Gasteiger partial charge in [-0.3, -0.25) is 10.1 Å². The van der Waals surface area contributed by atoms with Crippen molar-refractivity contribution in [3.63, 3.8) is 0 Å². The molecule has 2 N–H and O–H groups in total. The third-order valence-corrected chi connectivity index (χ3v) is 5.86. The van der Waals surface area contributed by atoms with Crippen molar-refractivity contribution in [3.05, 3.63) is 47.5 Å². The molecule has 0 spiro atoms. The molecule has 2 aromatic rings. The summed E-state index contributed by atoms with van der Waals surface area (Å²) in [5, 5.41) is 12.1. The van der Waals surface area contributed by atoms with Crippen molar-refractivity contribution in [1.29, 1.82) is 0 Å². The lowest BCUT2D eigenvalue weighted by molar-refractivity contribution is 0.102. The molecule has 1 heterocycles. The summed E-state index contributed by atoms with van der Waals surface area (Å²) in [6.45, 7) is 5.74. The number of carbonyl (C=O) groups excluding carboxylic acids is 1. The number of nitrogens with zero attached hydrogens (tertiary/aromatic N) is 2. The first-order chi connectivity index (χ1) is 12.5. The lowest BCUT2D eigenvalue weighted by Gasteiger charge is -2.06. The second-order valence-electron chi connectivity index (χ2n) is 5.58. The predicted molar refractivity (Wildman–Crippen MR) is 103 cm³/mol. The Balaban J connectivity index is 1.98. The van der Waals surface area contributed by atoms with E-state index in [0.717, 1.165) is 30.7 Å². The van der Waals surface area contributed by atoms with Crippen LogP contribution in [0.15, 0.2) is 41.8 Å². The molecule has 0 aliphatic carbocycles. The Morgan fingerprint density at radius 3 is 2.62 bits per heavy atom. The number of aryl methyl sites for hydroxylation is 1. The largest absolute Gasteiger partial charge is 0.296 e. The smallest absolute Gasteiger partial charge is 0.257 e. The van der Waals surface area contributed by atoms with E-state index in [1.165, 1.54) is 41.7 Å². The molecule has 140 valence electrons. The van der Waals surface area contributed by atoms with Crippen LogP contribution in [0.1, 0.15) is 41.6 Å². The average molecular weight is 395 g/mol. The molecule has 0 saturated heterocycles. The standard InChI is InChI=1S/C17H22N4O3S2/c1-3-5-6-7-15-20-21-17(25-15)19-16(22)13-8-10-14(11-9-13)26(23,24)18-12-4-2/h4,8-11,18H,2-3,5-7,12H2,1H3,(H,19,21,22). The number of unbranched alkanes of at least 4 members (excludes halogenated alkanes) is 2. The SMILES string of the molecule is C=CCNS(=O)(=O)c1ccc(C(=O)Nc2nnc(CCCCC)s2)cc1. The van der Waals surface area contributed by atoms with Crippen LogP contribution in [0.3, 0.4) is 0 Å². The summed E-state index contributed by atoms with van der Waals surface area (Å²) < 4.78 is 26.4. The van der Waals surface area contributed by atoms with Crippen LogP contribution in [-0.4, -0.2) is 31.1 Å². The average Bonchev–Trinajstić information content (AvgIpc) is 3.07. The summed E-state index contributed by atoms with van der Waals surface area (Å²) in [5.74, 6) is -0.357. The Bertz CT molecular complexity index is 845. The lowest BCUT2D eigenvalue weighted by atomic mass is 10.2. The zero-order valence-corrected chi connectivity index (χ0v) is 16.2. The van der Waals surface area contributed by atoms with Crippen LogP contribution in [0, 0.1) is 0 Å². The highest BCUT2D eigenvalue weighted by atomic mass is 32.2. The molecule has 0 aliphatic heterocycles. The van der Waals surface area contributed by atoms with Crippen molar-refractivity contribution in [2.45, 2.75) is 37.5 Å². The number of sulfonamides is 1. The Kier molecular flexibility index (Phi) is 7.43. The van der Waals surface area contributed by atoms with Crippen LogP contribution in [0.5, 0.6) is 0 Å². The molecule has 9 heteroatoms. The van der Waals surface area contributed by atoms with Gasteiger partial charge in [0.25, 0.3) is 5.91 Å². The summed E-state index contributed by atoms with van der Waals surface area (Å²) in [4.78, 5) is 12.4. The van der Waals surface area contributed by atoms with E-state index in [2.05, 4.69) is 33.7 Å². The first-order valence-corrected chi connectivity index (χ1v) is 10.6. The fourth-order valence-electron chi connectivity index (χ4n) is 2.14. The molecule has 0 saturated carbocycles. The van der Waals surface area contributed by atoms with E-state index in [1.807, 2.05) is 0 Å². The van der Waals surface area contributed by atoms with Crippen LogP contribution in [0.25, 0.3) is 0 Å². The van der Waals surface area contributed by atoms with E-state index >= 15 is 0 Å². The Morgan fingerprint density at radius 2 is 1.96 bits per heavy atom. The molecule has 1 aromatic carbocycles. The molecule has 26 heavy (non-hydrogen) atoms. The van der Waals surface area contributed by atoms with E-state index in [0.29, 0.717) is 10.7 Å². The van der Waals surface area contributed by atoms with E-state index in [-0.39, 0.29) is 17.3 Å². The third kappa shape index (κ3) is 5.72. The summed E-state index contributed by atoms with van der Waals surface area (Å²) in [7, 11) is -3.60. The Hall–Kier alpha value is -2.10. The normalized spacial score (nSPS) is 11.3. The molecule has 1 amide bonds. The number of aromatic nitrogens is 2. The molecule has 0 atom stereocenters. The Labute approximate surface area is 157 Å². The van der Waals surface area contributed by atoms with Crippen LogP contribution in [-0.2, 0) is 16.4 Å². The summed E-state index contributed by atoms with van der Waals surface area (Å²) in [6.07, 6.45) is 5.63. The number of amides is 1. The van der Waals surface area contributed by atoms with Gasteiger partial charge in [0, 0.05) is 18.5 Å². The van der Waals surface area contributed by atoms with Gasteiger partial charge in [0.15, 0.2) is 0 Å². The van der Waals surface area contributed by atoms with Gasteiger partial charge in [0.2, 0.25) is 15.2 Å². The minimum Gasteiger partial charge on any atom is -0.296 e. The van der Waals surface area contributed by atoms with Crippen molar-refractivity contribution in [1.82, 2.24) is 14.9 Å². The first-order valence-electron chi connectivity index (χ1n) is 8.30. The maximum absolute atomic E-state index is 12.3. The second-order valence-corrected chi connectivity index (χ2v) is 8.41. The molecule has 0 aliphatic rings. The number of nitrogens with one attached hydrogen (secondary N) is 2. The first kappa shape index (κ1) is 20.2. The third-order valence-electron chi connectivity index (χ3n) is 3.53. The predicted octanol–water partition coefficient (Wildman–Crippen LogP) is 2.99. The molecule has 1 aromatic heterocycles. The van der Waals surface area contributed by atoms with E-state index in [4.69, 9.17) is 0 Å². The van der Waals surface area contributed by atoms with Gasteiger partial charge >= 0.3 is 0 Å². The molecule has 0 bridgehead atoms. The number of carbonyl (C=O) groups is 1. The monoisotopic (exact) mass is 394 g/mol. The number of rotatable bonds is 10. The van der Waals surface area contributed by atoms with E-state index in [1.54, 1.807) is 0 Å². The summed E-state index contributed by atoms with van der Waals surface area (Å²) >= 11 is 1.35. The van der Waals surface area contributed by atoms with Crippen molar-refractivity contribution >= 4 is 32.4 Å². The topological polar surface area (TPSA) is 101 Å². The highest BCUT2D eigenvalue weighted by Gasteiger charge is 2.15. The second kappa shape index (κ2) is 9.56. The molecular formula is C17H22N4O3S2. The van der Waals surface area contributed by atoms with Gasteiger partial charge in [-0.05, 0) is 30.7 Å². The van der Waals surface area contributed by atoms with Gasteiger partial charge in [-0.2, -0.15) is 0 Å². The van der Waals surface area contributed by atoms with Gasteiger partial charge in [-0.15, -0.1) is 16.8 Å². The minimum atomic E-state index is -3.60. The number of hydrogen-bond donors (Lipinski definition) is 2. The molecule has 0 fully saturated rings. The highest BCUT2D eigenvalue weighted by Crippen LogP contribution is 2.19. The zero-order chi connectivity index (χ0) is 19.0. The number of hydrogen-bond acceptors (Lipinski definition) is 6. The van der Waals surface area contributed by atoms with Crippen LogP contribution >= 0.6 is 11.3 Å².